The van der Waals surface area contributed by atoms with E-state index < -0.39 is 0 Å². The van der Waals surface area contributed by atoms with Gasteiger partial charge in [0.15, 0.2) is 0 Å². The molecule has 2 aromatic heterocycles. The lowest BCUT2D eigenvalue weighted by atomic mass is 10.0. The van der Waals surface area contributed by atoms with Crippen LogP contribution < -0.4 is 10.9 Å². The smallest absolute Gasteiger partial charge is 0.268 e. The van der Waals surface area contributed by atoms with E-state index in [2.05, 4.69) is 20.2 Å². The number of thiophene rings is 1. The lowest BCUT2D eigenvalue weighted by molar-refractivity contribution is 0.149. The summed E-state index contributed by atoms with van der Waals surface area (Å²) in [7, 11) is 0. The van der Waals surface area contributed by atoms with E-state index in [9.17, 15) is 9.18 Å². The number of hydrogen-bond donors (Lipinski definition) is 2. The summed E-state index contributed by atoms with van der Waals surface area (Å²) in [6.45, 7) is 2.95. The molecule has 1 fully saturated rings. The van der Waals surface area contributed by atoms with Crippen LogP contribution in [0.5, 0.6) is 0 Å². The van der Waals surface area contributed by atoms with E-state index in [1.807, 2.05) is 17.5 Å². The molecule has 1 saturated heterocycles. The standard InChI is InChI=1S/C17H17FN4OS.ClH/c18-12-3-1-2-11(8-12)14-9-19-5-6-22(14)10-15-20-13-4-7-24-16(13)17(23)21-15;/h1-4,7-8,14,19H,5-6,9-10H2,(H,20,21,23);1H. The highest BCUT2D eigenvalue weighted by Crippen LogP contribution is 2.24. The van der Waals surface area contributed by atoms with Crippen LogP contribution in [0, 0.1) is 5.82 Å². The van der Waals surface area contributed by atoms with Crippen molar-refractivity contribution in [2.75, 3.05) is 19.6 Å². The minimum Gasteiger partial charge on any atom is -0.314 e. The van der Waals surface area contributed by atoms with Crippen LogP contribution in [0.15, 0.2) is 40.5 Å². The van der Waals surface area contributed by atoms with Gasteiger partial charge < -0.3 is 10.3 Å². The van der Waals surface area contributed by atoms with Gasteiger partial charge in [-0.1, -0.05) is 12.1 Å². The van der Waals surface area contributed by atoms with Crippen LogP contribution in [-0.2, 0) is 6.54 Å². The Hall–Kier alpha value is -1.80. The Kier molecular flexibility index (Phi) is 5.48. The number of piperazine rings is 1. The number of halogens is 2. The van der Waals surface area contributed by atoms with Gasteiger partial charge in [0.25, 0.3) is 5.56 Å². The molecule has 132 valence electrons. The molecule has 5 nitrogen and oxygen atoms in total. The highest BCUT2D eigenvalue weighted by atomic mass is 35.5. The molecule has 3 heterocycles. The van der Waals surface area contributed by atoms with E-state index in [1.54, 1.807) is 12.1 Å². The molecule has 1 aliphatic rings. The van der Waals surface area contributed by atoms with Gasteiger partial charge in [-0.15, -0.1) is 23.7 Å². The minimum atomic E-state index is -0.232. The Morgan fingerprint density at radius 1 is 1.36 bits per heavy atom. The molecule has 0 amide bonds. The first-order valence-corrected chi connectivity index (χ1v) is 8.75. The molecule has 4 rings (SSSR count). The van der Waals surface area contributed by atoms with Gasteiger partial charge >= 0.3 is 0 Å². The molecule has 0 aliphatic carbocycles. The molecule has 1 atom stereocenters. The molecule has 25 heavy (non-hydrogen) atoms. The maximum absolute atomic E-state index is 13.6. The van der Waals surface area contributed by atoms with E-state index in [4.69, 9.17) is 0 Å². The van der Waals surface area contributed by atoms with Crippen molar-refractivity contribution < 1.29 is 4.39 Å². The number of benzene rings is 1. The van der Waals surface area contributed by atoms with Gasteiger partial charge in [-0.05, 0) is 29.1 Å². The first-order chi connectivity index (χ1) is 11.7. The van der Waals surface area contributed by atoms with Crippen LogP contribution in [0.3, 0.4) is 0 Å². The van der Waals surface area contributed by atoms with Crippen LogP contribution in [0.25, 0.3) is 10.2 Å². The number of nitrogens with one attached hydrogen (secondary N) is 2. The van der Waals surface area contributed by atoms with E-state index in [0.717, 1.165) is 30.7 Å². The Bertz CT molecular complexity index is 928. The molecule has 1 unspecified atom stereocenters. The minimum absolute atomic E-state index is 0. The summed E-state index contributed by atoms with van der Waals surface area (Å²) in [6.07, 6.45) is 0. The molecule has 0 spiro atoms. The number of H-pyrrole nitrogens is 1. The molecule has 0 radical (unpaired) electrons. The summed E-state index contributed by atoms with van der Waals surface area (Å²) < 4.78 is 14.2. The van der Waals surface area contributed by atoms with Gasteiger partial charge in [-0.3, -0.25) is 9.69 Å². The zero-order valence-electron chi connectivity index (χ0n) is 13.4. The predicted molar refractivity (Wildman–Crippen MR) is 99.9 cm³/mol. The van der Waals surface area contributed by atoms with Crippen molar-refractivity contribution in [2.45, 2.75) is 12.6 Å². The highest BCUT2D eigenvalue weighted by molar-refractivity contribution is 7.17. The fraction of sp³-hybridized carbons (Fsp3) is 0.294. The van der Waals surface area contributed by atoms with Crippen molar-refractivity contribution in [2.24, 2.45) is 0 Å². The number of hydrogen-bond acceptors (Lipinski definition) is 5. The van der Waals surface area contributed by atoms with Crippen LogP contribution >= 0.6 is 23.7 Å². The number of aromatic nitrogens is 2. The molecule has 2 N–H and O–H groups in total. The summed E-state index contributed by atoms with van der Waals surface area (Å²) >= 11 is 1.40. The maximum atomic E-state index is 13.6. The van der Waals surface area contributed by atoms with Crippen LogP contribution in [-0.4, -0.2) is 34.5 Å². The maximum Gasteiger partial charge on any atom is 0.268 e. The largest absolute Gasteiger partial charge is 0.314 e. The predicted octanol–water partition coefficient (Wildman–Crippen LogP) is 2.69. The average molecular weight is 381 g/mol. The van der Waals surface area contributed by atoms with E-state index >= 15 is 0 Å². The first kappa shape index (κ1) is 18.0. The van der Waals surface area contributed by atoms with E-state index in [1.165, 1.54) is 17.4 Å². The van der Waals surface area contributed by atoms with E-state index in [-0.39, 0.29) is 29.8 Å². The first-order valence-electron chi connectivity index (χ1n) is 7.87. The van der Waals surface area contributed by atoms with Crippen molar-refractivity contribution >= 4 is 34.0 Å². The summed E-state index contributed by atoms with van der Waals surface area (Å²) in [6, 6.07) is 8.61. The number of nitrogens with zero attached hydrogens (tertiary/aromatic N) is 2. The van der Waals surface area contributed by atoms with Crippen molar-refractivity contribution in [3.05, 3.63) is 63.3 Å². The van der Waals surface area contributed by atoms with Gasteiger partial charge in [0.1, 0.15) is 16.3 Å². The molecule has 0 saturated carbocycles. The Morgan fingerprint density at radius 2 is 2.24 bits per heavy atom. The number of fused-ring (bicyclic) bond motifs is 1. The summed E-state index contributed by atoms with van der Waals surface area (Å²) in [5.41, 5.74) is 1.57. The van der Waals surface area contributed by atoms with Crippen molar-refractivity contribution in [1.29, 1.82) is 0 Å². The van der Waals surface area contributed by atoms with Crippen LogP contribution in [0.2, 0.25) is 0 Å². The summed E-state index contributed by atoms with van der Waals surface area (Å²) in [4.78, 5) is 21.8. The molecule has 1 aliphatic heterocycles. The van der Waals surface area contributed by atoms with Gasteiger partial charge in [0, 0.05) is 25.7 Å². The van der Waals surface area contributed by atoms with Gasteiger partial charge in [0.05, 0.1) is 12.1 Å². The molecule has 8 heteroatoms. The zero-order valence-corrected chi connectivity index (χ0v) is 15.0. The highest BCUT2D eigenvalue weighted by Gasteiger charge is 2.25. The molecule has 1 aromatic carbocycles. The molecular formula is C17H18ClFN4OS. The Morgan fingerprint density at radius 3 is 3.08 bits per heavy atom. The second-order valence-corrected chi connectivity index (χ2v) is 6.81. The monoisotopic (exact) mass is 380 g/mol. The third-order valence-corrected chi connectivity index (χ3v) is 5.21. The fourth-order valence-corrected chi connectivity index (χ4v) is 3.89. The average Bonchev–Trinajstić information content (AvgIpc) is 3.04. The van der Waals surface area contributed by atoms with Crippen LogP contribution in [0.1, 0.15) is 17.4 Å². The second-order valence-electron chi connectivity index (χ2n) is 5.89. The number of aromatic amines is 1. The quantitative estimate of drug-likeness (QED) is 0.733. The third-order valence-electron chi connectivity index (χ3n) is 4.30. The zero-order chi connectivity index (χ0) is 16.5. The lowest BCUT2D eigenvalue weighted by Crippen LogP contribution is -2.45. The summed E-state index contributed by atoms with van der Waals surface area (Å²) in [5, 5.41) is 5.22. The van der Waals surface area contributed by atoms with Crippen molar-refractivity contribution in [3.8, 4) is 0 Å². The van der Waals surface area contributed by atoms with Gasteiger partial charge in [-0.25, -0.2) is 9.37 Å². The third kappa shape index (κ3) is 3.74. The molecular weight excluding hydrogens is 363 g/mol. The van der Waals surface area contributed by atoms with Crippen LogP contribution in [0.4, 0.5) is 4.39 Å². The lowest BCUT2D eigenvalue weighted by Gasteiger charge is -2.36. The molecule has 0 bridgehead atoms. The number of rotatable bonds is 3. The van der Waals surface area contributed by atoms with Crippen molar-refractivity contribution in [3.63, 3.8) is 0 Å². The molecule has 3 aromatic rings. The van der Waals surface area contributed by atoms with Gasteiger partial charge in [0.2, 0.25) is 0 Å². The Balaban J connectivity index is 0.00000182. The van der Waals surface area contributed by atoms with Gasteiger partial charge in [-0.2, -0.15) is 0 Å². The van der Waals surface area contributed by atoms with E-state index in [0.29, 0.717) is 17.1 Å². The second kappa shape index (κ2) is 7.61. The topological polar surface area (TPSA) is 61.0 Å². The SMILES string of the molecule is Cl.O=c1[nH]c(CN2CCNCC2c2cccc(F)c2)nc2ccsc12. The van der Waals surface area contributed by atoms with Crippen molar-refractivity contribution in [1.82, 2.24) is 20.2 Å². The Labute approximate surface area is 154 Å². The fourth-order valence-electron chi connectivity index (χ4n) is 3.17. The summed E-state index contributed by atoms with van der Waals surface area (Å²) in [5.74, 6) is 0.415. The normalized spacial score (nSPS) is 18.2.